The van der Waals surface area contributed by atoms with Crippen LogP contribution in [0.15, 0.2) is 91.1 Å². The van der Waals surface area contributed by atoms with Crippen molar-refractivity contribution in [3.8, 4) is 34.4 Å². The molecule has 0 saturated heterocycles. The number of anilines is 2. The third kappa shape index (κ3) is 5.39. The first-order valence-electron chi connectivity index (χ1n) is 13.6. The number of carbonyl (C=O) groups is 2. The first-order chi connectivity index (χ1) is 21.3. The highest BCUT2D eigenvalue weighted by molar-refractivity contribution is 6.16. The molecule has 1 aliphatic rings. The van der Waals surface area contributed by atoms with Gasteiger partial charge in [-0.3, -0.25) is 14.6 Å². The second-order valence-corrected chi connectivity index (χ2v) is 10.3. The van der Waals surface area contributed by atoms with Crippen molar-refractivity contribution in [1.29, 1.82) is 5.26 Å². The van der Waals surface area contributed by atoms with Crippen molar-refractivity contribution in [2.24, 2.45) is 5.41 Å². The summed E-state index contributed by atoms with van der Waals surface area (Å²) in [4.78, 5) is 30.3. The number of fused-ring (bicyclic) bond motifs is 1. The number of halogens is 2. The Labute approximate surface area is 250 Å². The molecule has 10 heteroatoms. The summed E-state index contributed by atoms with van der Waals surface area (Å²) in [5.74, 6) is -0.660. The first kappa shape index (κ1) is 28.3. The van der Waals surface area contributed by atoms with Crippen LogP contribution >= 0.6 is 0 Å². The molecule has 8 nitrogen and oxygen atoms in total. The number of nitriles is 1. The number of methoxy groups -OCH3 is 1. The number of benzene rings is 4. The summed E-state index contributed by atoms with van der Waals surface area (Å²) in [5, 5.41) is 15.4. The second kappa shape index (κ2) is 11.5. The Balaban J connectivity index is 1.20. The molecular weight excluding hydrogens is 566 g/mol. The minimum Gasteiger partial charge on any atom is -0.496 e. The fraction of sp³-hybridized carbons (Fsp3) is 0.118. The van der Waals surface area contributed by atoms with Crippen molar-refractivity contribution in [1.82, 2.24) is 4.98 Å². The second-order valence-electron chi connectivity index (χ2n) is 10.3. The third-order valence-electron chi connectivity index (χ3n) is 7.49. The van der Waals surface area contributed by atoms with Crippen LogP contribution in [0.25, 0.3) is 22.0 Å². The van der Waals surface area contributed by atoms with Crippen molar-refractivity contribution in [3.63, 3.8) is 0 Å². The lowest BCUT2D eigenvalue weighted by Crippen LogP contribution is -2.35. The molecule has 1 saturated carbocycles. The average molecular weight is 591 g/mol. The third-order valence-corrected chi connectivity index (χ3v) is 7.49. The quantitative estimate of drug-likeness (QED) is 0.185. The fourth-order valence-corrected chi connectivity index (χ4v) is 4.89. The standard InChI is InChI=1S/C34H24F2N4O4/c1-43-30-18-28-27(17-26(30)25-4-2-3-20(19-37)31(25)36)29(13-16-38-28)44-24-11-9-23(10-12-24)40-33(42)34(14-15-34)32(41)39-22-7-5-21(35)6-8-22/h2-13,16-18H,14-15H2,1H3,(H,39,41)(H,40,42). The van der Waals surface area contributed by atoms with Crippen LogP contribution in [0.2, 0.25) is 0 Å². The molecule has 0 aliphatic heterocycles. The Hall–Kier alpha value is -5.82. The molecular formula is C34H24F2N4O4. The van der Waals surface area contributed by atoms with Gasteiger partial charge in [0.15, 0.2) is 0 Å². The van der Waals surface area contributed by atoms with E-state index in [1.165, 1.54) is 37.4 Å². The van der Waals surface area contributed by atoms with Crippen LogP contribution in [0.1, 0.15) is 18.4 Å². The van der Waals surface area contributed by atoms with E-state index in [9.17, 15) is 19.2 Å². The van der Waals surface area contributed by atoms with Crippen molar-refractivity contribution in [3.05, 3.63) is 108 Å². The molecule has 5 aromatic rings. The molecule has 0 spiro atoms. The number of nitrogens with zero attached hydrogens (tertiary/aromatic N) is 2. The molecule has 4 aromatic carbocycles. The zero-order chi connectivity index (χ0) is 30.8. The normalized spacial score (nSPS) is 13.0. The van der Waals surface area contributed by atoms with Gasteiger partial charge in [-0.1, -0.05) is 12.1 Å². The van der Waals surface area contributed by atoms with E-state index >= 15 is 4.39 Å². The summed E-state index contributed by atoms with van der Waals surface area (Å²) in [6, 6.07) is 23.5. The highest BCUT2D eigenvalue weighted by Crippen LogP contribution is 2.47. The summed E-state index contributed by atoms with van der Waals surface area (Å²) in [5.41, 5.74) is 0.804. The smallest absolute Gasteiger partial charge is 0.240 e. The predicted octanol–water partition coefficient (Wildman–Crippen LogP) is 7.21. The minimum atomic E-state index is -1.19. The molecule has 44 heavy (non-hydrogen) atoms. The molecule has 1 heterocycles. The molecule has 2 amide bonds. The number of carbonyl (C=O) groups excluding carboxylic acids is 2. The van der Waals surface area contributed by atoms with Gasteiger partial charge >= 0.3 is 0 Å². The van der Waals surface area contributed by atoms with Crippen LogP contribution in [-0.2, 0) is 9.59 Å². The van der Waals surface area contributed by atoms with E-state index in [4.69, 9.17) is 9.47 Å². The van der Waals surface area contributed by atoms with Gasteiger partial charge in [0.25, 0.3) is 0 Å². The van der Waals surface area contributed by atoms with Crippen molar-refractivity contribution >= 4 is 34.1 Å². The van der Waals surface area contributed by atoms with Gasteiger partial charge in [0.05, 0.1) is 18.2 Å². The SMILES string of the molecule is COc1cc2nccc(Oc3ccc(NC(=O)C4(C(=O)Nc5ccc(F)cc5)CC4)cc3)c2cc1-c1cccc(C#N)c1F. The van der Waals surface area contributed by atoms with Crippen LogP contribution < -0.4 is 20.1 Å². The monoisotopic (exact) mass is 590 g/mol. The van der Waals surface area contributed by atoms with E-state index in [1.807, 2.05) is 6.07 Å². The lowest BCUT2D eigenvalue weighted by molar-refractivity contribution is -0.131. The van der Waals surface area contributed by atoms with Crippen LogP contribution in [-0.4, -0.2) is 23.9 Å². The molecule has 1 fully saturated rings. The molecule has 6 rings (SSSR count). The van der Waals surface area contributed by atoms with Crippen LogP contribution in [0.3, 0.4) is 0 Å². The summed E-state index contributed by atoms with van der Waals surface area (Å²) >= 11 is 0. The largest absolute Gasteiger partial charge is 0.496 e. The number of hydrogen-bond donors (Lipinski definition) is 2. The van der Waals surface area contributed by atoms with E-state index in [1.54, 1.807) is 60.8 Å². The highest BCUT2D eigenvalue weighted by atomic mass is 19.1. The van der Waals surface area contributed by atoms with Gasteiger partial charge in [0, 0.05) is 40.2 Å². The molecule has 1 aliphatic carbocycles. The maximum absolute atomic E-state index is 15.1. The Morgan fingerprint density at radius 1 is 0.864 bits per heavy atom. The molecule has 0 radical (unpaired) electrons. The van der Waals surface area contributed by atoms with Gasteiger partial charge in [-0.15, -0.1) is 0 Å². The number of ether oxygens (including phenoxy) is 2. The van der Waals surface area contributed by atoms with Crippen LogP contribution in [0.5, 0.6) is 17.2 Å². The Morgan fingerprint density at radius 2 is 1.52 bits per heavy atom. The summed E-state index contributed by atoms with van der Waals surface area (Å²) < 4.78 is 40.0. The minimum absolute atomic E-state index is 0.0828. The van der Waals surface area contributed by atoms with Crippen molar-refractivity contribution in [2.75, 3.05) is 17.7 Å². The van der Waals surface area contributed by atoms with Crippen molar-refractivity contribution < 1.29 is 27.8 Å². The Morgan fingerprint density at radius 3 is 2.14 bits per heavy atom. The van der Waals surface area contributed by atoms with E-state index in [0.717, 1.165) is 0 Å². The highest BCUT2D eigenvalue weighted by Gasteiger charge is 2.56. The lowest BCUT2D eigenvalue weighted by Gasteiger charge is -2.16. The maximum atomic E-state index is 15.1. The summed E-state index contributed by atoms with van der Waals surface area (Å²) in [7, 11) is 1.47. The van der Waals surface area contributed by atoms with Gasteiger partial charge in [-0.2, -0.15) is 5.26 Å². The molecule has 0 unspecified atom stereocenters. The van der Waals surface area contributed by atoms with Gasteiger partial charge in [0.2, 0.25) is 11.8 Å². The zero-order valence-electron chi connectivity index (χ0n) is 23.4. The first-order valence-corrected chi connectivity index (χ1v) is 13.6. The van der Waals surface area contributed by atoms with E-state index in [0.29, 0.717) is 57.9 Å². The molecule has 0 atom stereocenters. The molecule has 218 valence electrons. The van der Waals surface area contributed by atoms with E-state index < -0.39 is 28.9 Å². The number of rotatable bonds is 8. The Bertz CT molecular complexity index is 1950. The van der Waals surface area contributed by atoms with E-state index in [2.05, 4.69) is 15.6 Å². The molecule has 0 bridgehead atoms. The molecule has 1 aromatic heterocycles. The topological polar surface area (TPSA) is 113 Å². The predicted molar refractivity (Wildman–Crippen MR) is 160 cm³/mol. The van der Waals surface area contributed by atoms with Crippen LogP contribution in [0, 0.1) is 28.4 Å². The Kier molecular flexibility index (Phi) is 7.37. The maximum Gasteiger partial charge on any atom is 0.240 e. The number of amides is 2. The molecule has 2 N–H and O–H groups in total. The number of nitrogens with one attached hydrogen (secondary N) is 2. The number of aromatic nitrogens is 1. The van der Waals surface area contributed by atoms with Crippen LogP contribution in [0.4, 0.5) is 20.2 Å². The summed E-state index contributed by atoms with van der Waals surface area (Å²) in [6.45, 7) is 0. The van der Waals surface area contributed by atoms with Gasteiger partial charge in [0.1, 0.15) is 40.4 Å². The zero-order valence-corrected chi connectivity index (χ0v) is 23.4. The average Bonchev–Trinajstić information content (AvgIpc) is 3.85. The lowest BCUT2D eigenvalue weighted by atomic mass is 9.99. The number of pyridine rings is 1. The van der Waals surface area contributed by atoms with Gasteiger partial charge in [-0.05, 0) is 79.6 Å². The summed E-state index contributed by atoms with van der Waals surface area (Å²) in [6.07, 6.45) is 2.38. The van der Waals surface area contributed by atoms with Gasteiger partial charge < -0.3 is 20.1 Å². The van der Waals surface area contributed by atoms with E-state index in [-0.39, 0.29) is 11.1 Å². The van der Waals surface area contributed by atoms with Gasteiger partial charge in [-0.25, -0.2) is 8.78 Å². The fourth-order valence-electron chi connectivity index (χ4n) is 4.89. The number of hydrogen-bond acceptors (Lipinski definition) is 6. The van der Waals surface area contributed by atoms with Crippen molar-refractivity contribution in [2.45, 2.75) is 12.8 Å².